The number of hydrogen-bond donors (Lipinski definition) is 0. The molecule has 0 spiro atoms. The van der Waals surface area contributed by atoms with Crippen LogP contribution in [-0.4, -0.2) is 50.4 Å². The molecule has 6 nitrogen and oxygen atoms in total. The molecule has 1 aromatic carbocycles. The van der Waals surface area contributed by atoms with Gasteiger partial charge in [-0.25, -0.2) is 0 Å². The van der Waals surface area contributed by atoms with Crippen molar-refractivity contribution in [1.29, 1.82) is 0 Å². The van der Waals surface area contributed by atoms with Crippen molar-refractivity contribution in [2.24, 2.45) is 13.0 Å². The number of halogens is 3. The first kappa shape index (κ1) is 25.7. The molecule has 2 aromatic rings. The van der Waals surface area contributed by atoms with Gasteiger partial charge in [-0.3, -0.25) is 4.90 Å². The van der Waals surface area contributed by atoms with Crippen LogP contribution < -0.4 is 4.90 Å². The van der Waals surface area contributed by atoms with E-state index in [-0.39, 0.29) is 11.6 Å². The molecule has 0 amide bonds. The van der Waals surface area contributed by atoms with Crippen LogP contribution in [-0.2, 0) is 7.05 Å². The first-order valence-electron chi connectivity index (χ1n) is 13.5. The largest absolute Gasteiger partial charge is 0.418 e. The average Bonchev–Trinajstić information content (AvgIpc) is 3.43. The molecule has 1 saturated carbocycles. The number of anilines is 1. The van der Waals surface area contributed by atoms with Crippen LogP contribution in [0.4, 0.5) is 18.9 Å². The fourth-order valence-electron chi connectivity index (χ4n) is 6.09. The van der Waals surface area contributed by atoms with E-state index in [1.807, 2.05) is 23.7 Å². The van der Waals surface area contributed by atoms with Crippen molar-refractivity contribution >= 4 is 5.69 Å². The van der Waals surface area contributed by atoms with E-state index in [1.54, 1.807) is 28.5 Å². The lowest BCUT2D eigenvalue weighted by atomic mass is 9.72. The molecular weight excluding hydrogens is 501 g/mol. The van der Waals surface area contributed by atoms with Crippen molar-refractivity contribution < 1.29 is 13.2 Å². The van der Waals surface area contributed by atoms with E-state index in [1.165, 1.54) is 18.1 Å². The van der Waals surface area contributed by atoms with E-state index >= 15 is 0 Å². The van der Waals surface area contributed by atoms with Crippen molar-refractivity contribution in [3.8, 4) is 0 Å². The molecule has 6 rings (SSSR count). The number of aryl methyl sites for hydroxylation is 1. The summed E-state index contributed by atoms with van der Waals surface area (Å²) in [4.78, 5) is 5.54. The third kappa shape index (κ3) is 4.84. The molecule has 0 radical (unpaired) electrons. The van der Waals surface area contributed by atoms with E-state index < -0.39 is 11.7 Å². The molecule has 0 bridgehead atoms. The fraction of sp³-hybridized carbons (Fsp3) is 0.400. The summed E-state index contributed by atoms with van der Waals surface area (Å²) in [6.45, 7) is 8.34. The van der Waals surface area contributed by atoms with Gasteiger partial charge in [-0.2, -0.15) is 13.2 Å². The molecule has 39 heavy (non-hydrogen) atoms. The van der Waals surface area contributed by atoms with Gasteiger partial charge >= 0.3 is 6.18 Å². The second kappa shape index (κ2) is 9.86. The van der Waals surface area contributed by atoms with Gasteiger partial charge in [0, 0.05) is 50.7 Å². The number of benzene rings is 1. The highest BCUT2D eigenvalue weighted by molar-refractivity contribution is 5.64. The SMILES string of the molecule is C=C1N2C=C(CN3CCC=C(C)C3)C=C(C(F)(F)F)C2=CN1c1cccc(C(c2nncn2C)C2CCC2)c1. The highest BCUT2D eigenvalue weighted by Crippen LogP contribution is 2.46. The van der Waals surface area contributed by atoms with Crippen molar-refractivity contribution in [1.82, 2.24) is 24.6 Å². The number of alkyl halides is 3. The lowest BCUT2D eigenvalue weighted by Gasteiger charge is -2.34. The van der Waals surface area contributed by atoms with E-state index in [0.29, 0.717) is 23.9 Å². The zero-order valence-corrected chi connectivity index (χ0v) is 22.3. The molecule has 3 aliphatic heterocycles. The molecule has 1 aromatic heterocycles. The topological polar surface area (TPSA) is 40.4 Å². The third-order valence-electron chi connectivity index (χ3n) is 8.24. The minimum atomic E-state index is -4.49. The summed E-state index contributed by atoms with van der Waals surface area (Å²) in [6.07, 6.45) is 8.42. The Morgan fingerprint density at radius 3 is 2.64 bits per heavy atom. The number of fused-ring (bicyclic) bond motifs is 1. The summed E-state index contributed by atoms with van der Waals surface area (Å²) in [7, 11) is 1.95. The molecule has 1 unspecified atom stereocenters. The van der Waals surface area contributed by atoms with Gasteiger partial charge in [0.1, 0.15) is 18.0 Å². The normalized spacial score (nSPS) is 21.2. The number of nitrogens with zero attached hydrogens (tertiary/aromatic N) is 6. The third-order valence-corrected chi connectivity index (χ3v) is 8.24. The van der Waals surface area contributed by atoms with Gasteiger partial charge in [0.25, 0.3) is 0 Å². The van der Waals surface area contributed by atoms with Crippen LogP contribution in [0, 0.1) is 5.92 Å². The molecule has 0 saturated heterocycles. The van der Waals surface area contributed by atoms with Crippen molar-refractivity contribution in [2.75, 3.05) is 24.5 Å². The zero-order valence-electron chi connectivity index (χ0n) is 22.3. The Morgan fingerprint density at radius 2 is 1.97 bits per heavy atom. The molecule has 204 valence electrons. The van der Waals surface area contributed by atoms with Crippen LogP contribution in [0.25, 0.3) is 0 Å². The van der Waals surface area contributed by atoms with Gasteiger partial charge in [0.2, 0.25) is 0 Å². The standard InChI is InChI=1S/C30H33F3N6/c1-20-7-6-12-37(15-20)16-22-13-26(30(31,32)33)27-18-38(21(2)39(27)17-22)25-11-5-10-24(14-25)28(23-8-4-9-23)29-35-34-19-36(29)3/h5,7,10-11,13-14,17-19,23,28H,2,4,6,8-9,12,15-16H2,1,3H3. The van der Waals surface area contributed by atoms with Crippen LogP contribution in [0.15, 0.2) is 90.0 Å². The Bertz CT molecular complexity index is 1410. The van der Waals surface area contributed by atoms with Gasteiger partial charge in [0.05, 0.1) is 11.3 Å². The maximum atomic E-state index is 14.3. The van der Waals surface area contributed by atoms with Crippen LogP contribution >= 0.6 is 0 Å². The number of allylic oxidation sites excluding steroid dienone is 1. The first-order valence-corrected chi connectivity index (χ1v) is 13.5. The van der Waals surface area contributed by atoms with E-state index in [2.05, 4.69) is 46.8 Å². The predicted molar refractivity (Wildman–Crippen MR) is 145 cm³/mol. The molecule has 1 aliphatic carbocycles. The lowest BCUT2D eigenvalue weighted by Crippen LogP contribution is -2.33. The van der Waals surface area contributed by atoms with Gasteiger partial charge in [-0.15, -0.1) is 10.2 Å². The molecule has 4 heterocycles. The fourth-order valence-corrected chi connectivity index (χ4v) is 6.09. The summed E-state index contributed by atoms with van der Waals surface area (Å²) in [5.74, 6) is 1.93. The average molecular weight is 535 g/mol. The summed E-state index contributed by atoms with van der Waals surface area (Å²) < 4.78 is 44.9. The van der Waals surface area contributed by atoms with Crippen LogP contribution in [0.5, 0.6) is 0 Å². The second-order valence-electron chi connectivity index (χ2n) is 11.0. The molecule has 9 heteroatoms. The quantitative estimate of drug-likeness (QED) is 0.412. The Hall–Kier alpha value is -3.59. The summed E-state index contributed by atoms with van der Waals surface area (Å²) in [5.41, 5.74) is 3.19. The van der Waals surface area contributed by atoms with E-state index in [0.717, 1.165) is 49.4 Å². The number of aromatic nitrogens is 3. The molecule has 4 aliphatic rings. The summed E-state index contributed by atoms with van der Waals surface area (Å²) in [6, 6.07) is 8.02. The predicted octanol–water partition coefficient (Wildman–Crippen LogP) is 6.22. The van der Waals surface area contributed by atoms with Crippen molar-refractivity contribution in [2.45, 2.75) is 44.7 Å². The Balaban J connectivity index is 1.32. The van der Waals surface area contributed by atoms with Gasteiger partial charge in [-0.05, 0) is 61.4 Å². The minimum absolute atomic E-state index is 0.0801. The van der Waals surface area contributed by atoms with Gasteiger partial charge < -0.3 is 14.4 Å². The van der Waals surface area contributed by atoms with Gasteiger partial charge in [0.15, 0.2) is 0 Å². The van der Waals surface area contributed by atoms with E-state index in [4.69, 9.17) is 0 Å². The van der Waals surface area contributed by atoms with Crippen molar-refractivity contribution in [3.05, 3.63) is 101 Å². The summed E-state index contributed by atoms with van der Waals surface area (Å²) >= 11 is 0. The van der Waals surface area contributed by atoms with Crippen molar-refractivity contribution in [3.63, 3.8) is 0 Å². The Kier molecular flexibility index (Phi) is 6.49. The van der Waals surface area contributed by atoms with Crippen LogP contribution in [0.1, 0.15) is 49.9 Å². The minimum Gasteiger partial charge on any atom is -0.320 e. The van der Waals surface area contributed by atoms with Crippen LogP contribution in [0.3, 0.4) is 0 Å². The second-order valence-corrected chi connectivity index (χ2v) is 11.0. The Morgan fingerprint density at radius 1 is 1.15 bits per heavy atom. The lowest BCUT2D eigenvalue weighted by molar-refractivity contribution is -0.0909. The van der Waals surface area contributed by atoms with Crippen LogP contribution in [0.2, 0.25) is 0 Å². The molecule has 1 fully saturated rings. The highest BCUT2D eigenvalue weighted by Gasteiger charge is 2.43. The van der Waals surface area contributed by atoms with E-state index in [9.17, 15) is 13.2 Å². The zero-order chi connectivity index (χ0) is 27.3. The molecule has 0 N–H and O–H groups in total. The maximum absolute atomic E-state index is 14.3. The highest BCUT2D eigenvalue weighted by atomic mass is 19.4. The molecular formula is C30H33F3N6. The van der Waals surface area contributed by atoms with Gasteiger partial charge in [-0.1, -0.05) is 36.8 Å². The monoisotopic (exact) mass is 534 g/mol. The smallest absolute Gasteiger partial charge is 0.320 e. The number of rotatable bonds is 6. The Labute approximate surface area is 227 Å². The first-order chi connectivity index (χ1) is 18.7. The summed E-state index contributed by atoms with van der Waals surface area (Å²) in [5, 5.41) is 8.51. The molecule has 1 atom stereocenters. The maximum Gasteiger partial charge on any atom is 0.418 e. The number of hydrogen-bond acceptors (Lipinski definition) is 5.